The zero-order chi connectivity index (χ0) is 12.9. The summed E-state index contributed by atoms with van der Waals surface area (Å²) < 4.78 is 5.79. The molecular formula is C13H25N3O. The van der Waals surface area contributed by atoms with Crippen LogP contribution in [0.15, 0.2) is 6.20 Å². The standard InChI is InChI=1S/C13H25N3O/c1-6-13(5,17-7-2)12-15-9-11(16-12)8-14-10(3)4/h9-10,14H,6-8H2,1-5H3,(H,15,16). The van der Waals surface area contributed by atoms with Gasteiger partial charge in [-0.15, -0.1) is 0 Å². The summed E-state index contributed by atoms with van der Waals surface area (Å²) in [6, 6.07) is 0.478. The summed E-state index contributed by atoms with van der Waals surface area (Å²) in [5, 5.41) is 3.36. The number of aromatic nitrogens is 2. The third-order valence-electron chi connectivity index (χ3n) is 2.97. The molecule has 0 saturated heterocycles. The topological polar surface area (TPSA) is 49.9 Å². The lowest BCUT2D eigenvalue weighted by molar-refractivity contribution is -0.0385. The van der Waals surface area contributed by atoms with Gasteiger partial charge in [0.25, 0.3) is 0 Å². The van der Waals surface area contributed by atoms with Crippen LogP contribution in [0.2, 0.25) is 0 Å². The number of H-pyrrole nitrogens is 1. The number of hydrogen-bond donors (Lipinski definition) is 2. The SMILES string of the molecule is CCOC(C)(CC)c1ncc(CNC(C)C)[nH]1. The highest BCUT2D eigenvalue weighted by atomic mass is 16.5. The van der Waals surface area contributed by atoms with Crippen LogP contribution >= 0.6 is 0 Å². The van der Waals surface area contributed by atoms with Crippen LogP contribution < -0.4 is 5.32 Å². The highest BCUT2D eigenvalue weighted by molar-refractivity contribution is 5.07. The lowest BCUT2D eigenvalue weighted by Crippen LogP contribution is -2.27. The number of nitrogens with one attached hydrogen (secondary N) is 2. The molecule has 2 N–H and O–H groups in total. The van der Waals surface area contributed by atoms with Crippen LogP contribution in [0.25, 0.3) is 0 Å². The molecule has 0 aliphatic rings. The maximum Gasteiger partial charge on any atom is 0.138 e. The first-order valence-corrected chi connectivity index (χ1v) is 6.43. The molecule has 0 radical (unpaired) electrons. The first-order chi connectivity index (χ1) is 8.01. The molecule has 4 heteroatoms. The Balaban J connectivity index is 2.71. The largest absolute Gasteiger partial charge is 0.368 e. The summed E-state index contributed by atoms with van der Waals surface area (Å²) in [6.07, 6.45) is 2.79. The van der Waals surface area contributed by atoms with Gasteiger partial charge in [0.1, 0.15) is 11.4 Å². The van der Waals surface area contributed by atoms with E-state index in [4.69, 9.17) is 4.74 Å². The van der Waals surface area contributed by atoms with Gasteiger partial charge in [0.2, 0.25) is 0 Å². The van der Waals surface area contributed by atoms with Gasteiger partial charge < -0.3 is 15.0 Å². The molecular weight excluding hydrogens is 214 g/mol. The summed E-state index contributed by atoms with van der Waals surface area (Å²) in [5.41, 5.74) is 0.804. The number of hydrogen-bond acceptors (Lipinski definition) is 3. The smallest absolute Gasteiger partial charge is 0.138 e. The van der Waals surface area contributed by atoms with E-state index in [1.54, 1.807) is 0 Å². The second-order valence-corrected chi connectivity index (χ2v) is 4.81. The molecule has 17 heavy (non-hydrogen) atoms. The second kappa shape index (κ2) is 6.17. The average Bonchev–Trinajstić information content (AvgIpc) is 2.75. The third kappa shape index (κ3) is 3.82. The first-order valence-electron chi connectivity index (χ1n) is 6.43. The second-order valence-electron chi connectivity index (χ2n) is 4.81. The minimum absolute atomic E-state index is 0.301. The van der Waals surface area contributed by atoms with E-state index in [1.807, 2.05) is 13.1 Å². The number of nitrogens with zero attached hydrogens (tertiary/aromatic N) is 1. The van der Waals surface area contributed by atoms with Gasteiger partial charge in [-0.25, -0.2) is 4.98 Å². The Labute approximate surface area is 104 Å². The molecule has 1 rings (SSSR count). The zero-order valence-corrected chi connectivity index (χ0v) is 11.6. The van der Waals surface area contributed by atoms with Crippen molar-refractivity contribution in [1.82, 2.24) is 15.3 Å². The first kappa shape index (κ1) is 14.2. The van der Waals surface area contributed by atoms with E-state index in [2.05, 4.69) is 43.0 Å². The number of aromatic amines is 1. The predicted octanol–water partition coefficient (Wildman–Crippen LogP) is 2.57. The lowest BCUT2D eigenvalue weighted by atomic mass is 10.0. The van der Waals surface area contributed by atoms with E-state index in [-0.39, 0.29) is 5.60 Å². The maximum absolute atomic E-state index is 5.79. The summed E-state index contributed by atoms with van der Waals surface area (Å²) in [7, 11) is 0. The van der Waals surface area contributed by atoms with Crippen molar-refractivity contribution in [2.75, 3.05) is 6.61 Å². The molecule has 0 saturated carbocycles. The number of ether oxygens (including phenoxy) is 1. The van der Waals surface area contributed by atoms with E-state index < -0.39 is 0 Å². The molecule has 1 unspecified atom stereocenters. The molecule has 1 aromatic heterocycles. The van der Waals surface area contributed by atoms with E-state index >= 15 is 0 Å². The van der Waals surface area contributed by atoms with Crippen molar-refractivity contribution in [3.8, 4) is 0 Å². The normalized spacial score (nSPS) is 15.2. The van der Waals surface area contributed by atoms with E-state index in [9.17, 15) is 0 Å². The van der Waals surface area contributed by atoms with Gasteiger partial charge in [-0.1, -0.05) is 20.8 Å². The Morgan fingerprint density at radius 1 is 1.47 bits per heavy atom. The molecule has 0 amide bonds. The Morgan fingerprint density at radius 3 is 2.71 bits per heavy atom. The van der Waals surface area contributed by atoms with Crippen molar-refractivity contribution in [1.29, 1.82) is 0 Å². The minimum Gasteiger partial charge on any atom is -0.368 e. The van der Waals surface area contributed by atoms with E-state index in [1.165, 1.54) is 0 Å². The Bertz CT molecular complexity index is 335. The molecule has 0 aliphatic carbocycles. The van der Waals surface area contributed by atoms with Gasteiger partial charge in [-0.2, -0.15) is 0 Å². The predicted molar refractivity (Wildman–Crippen MR) is 69.8 cm³/mol. The fraction of sp³-hybridized carbons (Fsp3) is 0.769. The molecule has 1 heterocycles. The lowest BCUT2D eigenvalue weighted by Gasteiger charge is -2.25. The summed E-state index contributed by atoms with van der Waals surface area (Å²) in [4.78, 5) is 7.78. The third-order valence-corrected chi connectivity index (χ3v) is 2.97. The quantitative estimate of drug-likeness (QED) is 0.769. The molecule has 1 atom stereocenters. The van der Waals surface area contributed by atoms with Crippen LogP contribution in [0, 0.1) is 0 Å². The fourth-order valence-corrected chi connectivity index (χ4v) is 1.69. The maximum atomic E-state index is 5.79. The van der Waals surface area contributed by atoms with Crippen LogP contribution in [0.5, 0.6) is 0 Å². The molecule has 4 nitrogen and oxygen atoms in total. The monoisotopic (exact) mass is 239 g/mol. The molecule has 98 valence electrons. The Morgan fingerprint density at radius 2 is 2.18 bits per heavy atom. The van der Waals surface area contributed by atoms with Crippen molar-refractivity contribution < 1.29 is 4.74 Å². The average molecular weight is 239 g/mol. The number of rotatable bonds is 7. The van der Waals surface area contributed by atoms with E-state index in [0.29, 0.717) is 12.6 Å². The highest BCUT2D eigenvalue weighted by Crippen LogP contribution is 2.26. The van der Waals surface area contributed by atoms with Gasteiger partial charge >= 0.3 is 0 Å². The molecule has 1 aromatic rings. The molecule has 0 spiro atoms. The molecule has 0 fully saturated rings. The van der Waals surface area contributed by atoms with Crippen LogP contribution in [0.4, 0.5) is 0 Å². The zero-order valence-electron chi connectivity index (χ0n) is 11.6. The summed E-state index contributed by atoms with van der Waals surface area (Å²) >= 11 is 0. The van der Waals surface area contributed by atoms with E-state index in [0.717, 1.165) is 24.5 Å². The van der Waals surface area contributed by atoms with Crippen LogP contribution in [-0.2, 0) is 16.9 Å². The highest BCUT2D eigenvalue weighted by Gasteiger charge is 2.28. The summed E-state index contributed by atoms with van der Waals surface area (Å²) in [5.74, 6) is 0.919. The van der Waals surface area contributed by atoms with Crippen molar-refractivity contribution >= 4 is 0 Å². The van der Waals surface area contributed by atoms with Crippen molar-refractivity contribution in [3.63, 3.8) is 0 Å². The van der Waals surface area contributed by atoms with Gasteiger partial charge in [0.15, 0.2) is 0 Å². The summed E-state index contributed by atoms with van der Waals surface area (Å²) in [6.45, 7) is 12.0. The van der Waals surface area contributed by atoms with Crippen molar-refractivity contribution in [2.24, 2.45) is 0 Å². The van der Waals surface area contributed by atoms with Gasteiger partial charge in [-0.05, 0) is 20.3 Å². The van der Waals surface area contributed by atoms with Crippen LogP contribution in [0.1, 0.15) is 52.6 Å². The Kier molecular flexibility index (Phi) is 5.15. The van der Waals surface area contributed by atoms with Crippen LogP contribution in [0.3, 0.4) is 0 Å². The minimum atomic E-state index is -0.301. The van der Waals surface area contributed by atoms with Crippen molar-refractivity contribution in [3.05, 3.63) is 17.7 Å². The fourth-order valence-electron chi connectivity index (χ4n) is 1.69. The Hall–Kier alpha value is -0.870. The van der Waals surface area contributed by atoms with Gasteiger partial charge in [-0.3, -0.25) is 0 Å². The van der Waals surface area contributed by atoms with Gasteiger partial charge in [0.05, 0.1) is 0 Å². The molecule has 0 aromatic carbocycles. The number of imidazole rings is 1. The molecule has 0 bridgehead atoms. The van der Waals surface area contributed by atoms with Crippen molar-refractivity contribution in [2.45, 2.75) is 59.2 Å². The molecule has 0 aliphatic heterocycles. The van der Waals surface area contributed by atoms with Gasteiger partial charge in [0, 0.05) is 31.1 Å². The van der Waals surface area contributed by atoms with Crippen LogP contribution in [-0.4, -0.2) is 22.6 Å².